The molecule has 0 radical (unpaired) electrons. The smallest absolute Gasteiger partial charge is 0.336 e. The van der Waals surface area contributed by atoms with Crippen LogP contribution in [0.1, 0.15) is 24.3 Å². The number of hydrogen-bond donors (Lipinski definition) is 0. The summed E-state index contributed by atoms with van der Waals surface area (Å²) in [4.78, 5) is 50.3. The van der Waals surface area contributed by atoms with E-state index in [0.717, 1.165) is 6.07 Å². The summed E-state index contributed by atoms with van der Waals surface area (Å²) >= 11 is 6.19. The first-order valence-corrected chi connectivity index (χ1v) is 11.0. The molecule has 7 nitrogen and oxygen atoms in total. The van der Waals surface area contributed by atoms with Gasteiger partial charge in [-0.1, -0.05) is 23.7 Å². The second-order valence-corrected chi connectivity index (χ2v) is 8.60. The molecule has 2 atom stereocenters. The third-order valence-electron chi connectivity index (χ3n) is 6.03. The van der Waals surface area contributed by atoms with Crippen molar-refractivity contribution in [2.75, 3.05) is 20.2 Å². The second kappa shape index (κ2) is 9.77. The van der Waals surface area contributed by atoms with E-state index in [4.69, 9.17) is 16.0 Å². The lowest BCUT2D eigenvalue weighted by molar-refractivity contribution is -0.142. The van der Waals surface area contributed by atoms with E-state index in [-0.39, 0.29) is 34.8 Å². The molecule has 2 aromatic carbocycles. The van der Waals surface area contributed by atoms with Crippen LogP contribution in [0.25, 0.3) is 22.1 Å². The molecule has 34 heavy (non-hydrogen) atoms. The molecule has 1 aliphatic rings. The van der Waals surface area contributed by atoms with Crippen molar-refractivity contribution in [3.8, 4) is 11.1 Å². The maximum absolute atomic E-state index is 13.5. The molecule has 0 bridgehead atoms. The van der Waals surface area contributed by atoms with Gasteiger partial charge in [0.1, 0.15) is 23.6 Å². The Kier molecular flexibility index (Phi) is 6.79. The molecule has 1 aliphatic heterocycles. The largest absolute Gasteiger partial charge is 0.469 e. The number of benzene rings is 2. The summed E-state index contributed by atoms with van der Waals surface area (Å²) in [5, 5.41) is 0.653. The van der Waals surface area contributed by atoms with Crippen molar-refractivity contribution in [1.29, 1.82) is 0 Å². The number of halogens is 2. The highest BCUT2D eigenvalue weighted by Crippen LogP contribution is 2.34. The maximum Gasteiger partial charge on any atom is 0.336 e. The first-order chi connectivity index (χ1) is 16.3. The molecule has 4 rings (SSSR count). The molecular formula is C25H21ClFNO6. The minimum atomic E-state index is -1.09. The topological polar surface area (TPSA) is 93.9 Å². The molecule has 9 heteroatoms. The number of ether oxygens (including phenoxy) is 1. The molecular weight excluding hydrogens is 465 g/mol. The van der Waals surface area contributed by atoms with Crippen molar-refractivity contribution >= 4 is 40.7 Å². The first kappa shape index (κ1) is 23.6. The zero-order valence-corrected chi connectivity index (χ0v) is 19.0. The van der Waals surface area contributed by atoms with Gasteiger partial charge in [-0.05, 0) is 42.2 Å². The van der Waals surface area contributed by atoms with Crippen LogP contribution in [-0.2, 0) is 19.1 Å². The highest BCUT2D eigenvalue weighted by Gasteiger charge is 2.33. The predicted molar refractivity (Wildman–Crippen MR) is 123 cm³/mol. The normalized spacial score (nSPS) is 16.4. The molecule has 0 N–H and O–H groups in total. The van der Waals surface area contributed by atoms with E-state index in [1.165, 1.54) is 31.4 Å². The van der Waals surface area contributed by atoms with Crippen LogP contribution in [0.4, 0.5) is 4.39 Å². The summed E-state index contributed by atoms with van der Waals surface area (Å²) in [5.74, 6) is -2.35. The van der Waals surface area contributed by atoms with E-state index in [1.807, 2.05) is 0 Å². The summed E-state index contributed by atoms with van der Waals surface area (Å²) in [7, 11) is 1.32. The van der Waals surface area contributed by atoms with E-state index in [1.54, 1.807) is 17.0 Å². The number of nitrogens with zero attached hydrogens (tertiary/aromatic N) is 1. The van der Waals surface area contributed by atoms with Crippen LogP contribution in [0, 0.1) is 11.7 Å². The summed E-state index contributed by atoms with van der Waals surface area (Å²) in [6.07, 6.45) is 1.40. The minimum absolute atomic E-state index is 0.0265. The van der Waals surface area contributed by atoms with Crippen molar-refractivity contribution in [2.45, 2.75) is 18.8 Å². The Labute approximate surface area is 199 Å². The molecule has 1 aromatic heterocycles. The molecule has 1 saturated heterocycles. The van der Waals surface area contributed by atoms with Gasteiger partial charge < -0.3 is 18.8 Å². The summed E-state index contributed by atoms with van der Waals surface area (Å²) in [5.41, 5.74) is 0.783. The number of carbonyl (C=O) groups excluding carboxylic acids is 3. The van der Waals surface area contributed by atoms with Gasteiger partial charge in [-0.3, -0.25) is 9.59 Å². The zero-order chi connectivity index (χ0) is 24.4. The Bertz CT molecular complexity index is 1340. The van der Waals surface area contributed by atoms with Crippen molar-refractivity contribution < 1.29 is 27.9 Å². The summed E-state index contributed by atoms with van der Waals surface area (Å²) < 4.78 is 23.5. The Balaban J connectivity index is 1.65. The molecule has 0 saturated carbocycles. The molecule has 0 spiro atoms. The average molecular weight is 486 g/mol. The number of carbonyl (C=O) groups is 3. The fourth-order valence-corrected chi connectivity index (χ4v) is 4.57. The van der Waals surface area contributed by atoms with Gasteiger partial charge >= 0.3 is 11.6 Å². The second-order valence-electron chi connectivity index (χ2n) is 8.19. The van der Waals surface area contributed by atoms with Crippen molar-refractivity contribution in [3.05, 3.63) is 69.3 Å². The quantitative estimate of drug-likeness (QED) is 0.227. The first-order valence-electron chi connectivity index (χ1n) is 10.6. The molecule has 1 fully saturated rings. The van der Waals surface area contributed by atoms with Gasteiger partial charge in [-0.2, -0.15) is 0 Å². The van der Waals surface area contributed by atoms with Crippen molar-refractivity contribution in [2.24, 2.45) is 5.92 Å². The van der Waals surface area contributed by atoms with Gasteiger partial charge in [0.25, 0.3) is 0 Å². The fourth-order valence-electron chi connectivity index (χ4n) is 4.30. The molecule has 0 unspecified atom stereocenters. The highest BCUT2D eigenvalue weighted by molar-refractivity contribution is 6.33. The molecule has 1 amide bonds. The minimum Gasteiger partial charge on any atom is -0.469 e. The van der Waals surface area contributed by atoms with Crippen molar-refractivity contribution in [1.82, 2.24) is 4.90 Å². The summed E-state index contributed by atoms with van der Waals surface area (Å²) in [6, 6.07) is 9.84. The SMILES string of the molecule is COC(=O)C[C@H]1CCN(C(=O)[C@@H](C=O)c2ccc3c(-c4ccc(F)cc4Cl)cc(=O)oc3c2)C1. The zero-order valence-electron chi connectivity index (χ0n) is 18.3. The number of esters is 1. The summed E-state index contributed by atoms with van der Waals surface area (Å²) in [6.45, 7) is 0.787. The lowest BCUT2D eigenvalue weighted by atomic mass is 9.95. The van der Waals surface area contributed by atoms with Gasteiger partial charge in [0.15, 0.2) is 0 Å². The Morgan fingerprint density at radius 1 is 1.24 bits per heavy atom. The highest BCUT2D eigenvalue weighted by atomic mass is 35.5. The van der Waals surface area contributed by atoms with Gasteiger partial charge in [-0.25, -0.2) is 9.18 Å². The van der Waals surface area contributed by atoms with Gasteiger partial charge in [-0.15, -0.1) is 0 Å². The van der Waals surface area contributed by atoms with E-state index in [9.17, 15) is 23.6 Å². The van der Waals surface area contributed by atoms with E-state index < -0.39 is 17.4 Å². The number of aldehydes is 1. The molecule has 3 aromatic rings. The van der Waals surface area contributed by atoms with Gasteiger partial charge in [0.05, 0.1) is 18.6 Å². The number of likely N-dealkylation sites (tertiary alicyclic amines) is 1. The van der Waals surface area contributed by atoms with Crippen LogP contribution >= 0.6 is 11.6 Å². The van der Waals surface area contributed by atoms with Crippen LogP contribution in [0.3, 0.4) is 0 Å². The Hall–Kier alpha value is -3.52. The van der Waals surface area contributed by atoms with Crippen molar-refractivity contribution in [3.63, 3.8) is 0 Å². The van der Waals surface area contributed by atoms with E-state index in [2.05, 4.69) is 4.74 Å². The third-order valence-corrected chi connectivity index (χ3v) is 6.34. The number of amides is 1. The Morgan fingerprint density at radius 2 is 2.03 bits per heavy atom. The Morgan fingerprint density at radius 3 is 2.74 bits per heavy atom. The average Bonchev–Trinajstić information content (AvgIpc) is 3.27. The van der Waals surface area contributed by atoms with Crippen LogP contribution in [0.5, 0.6) is 0 Å². The van der Waals surface area contributed by atoms with Gasteiger partial charge in [0.2, 0.25) is 5.91 Å². The standard InChI is InChI=1S/C25H21ClFNO6/c1-33-23(30)8-14-6-7-28(12-14)25(32)20(13-29)15-2-4-18-19(11-24(31)34-22(18)9-15)17-5-3-16(27)10-21(17)26/h2-5,9-11,13-14,20H,6-8,12H2,1H3/t14-,20+/m1/s1. The fraction of sp³-hybridized carbons (Fsp3) is 0.280. The van der Waals surface area contributed by atoms with Gasteiger partial charge in [0, 0.05) is 35.7 Å². The maximum atomic E-state index is 13.5. The van der Waals surface area contributed by atoms with E-state index in [0.29, 0.717) is 47.9 Å². The lowest BCUT2D eigenvalue weighted by Crippen LogP contribution is -2.34. The third kappa shape index (κ3) is 4.72. The lowest BCUT2D eigenvalue weighted by Gasteiger charge is -2.21. The van der Waals surface area contributed by atoms with Crippen LogP contribution in [0.2, 0.25) is 5.02 Å². The molecule has 176 valence electrons. The van der Waals surface area contributed by atoms with E-state index >= 15 is 0 Å². The molecule has 0 aliphatic carbocycles. The number of hydrogen-bond acceptors (Lipinski definition) is 6. The van der Waals surface area contributed by atoms with Crippen LogP contribution in [0.15, 0.2) is 51.7 Å². The number of methoxy groups -OCH3 is 1. The number of fused-ring (bicyclic) bond motifs is 1. The monoisotopic (exact) mass is 485 g/mol. The van der Waals surface area contributed by atoms with Crippen LogP contribution in [-0.4, -0.2) is 43.3 Å². The predicted octanol–water partition coefficient (Wildman–Crippen LogP) is 3.95. The molecule has 2 heterocycles. The van der Waals surface area contributed by atoms with Crippen LogP contribution < -0.4 is 5.63 Å². The number of rotatable bonds is 6.